The van der Waals surface area contributed by atoms with Crippen molar-refractivity contribution in [3.05, 3.63) is 35.9 Å². The van der Waals surface area contributed by atoms with E-state index in [1.165, 1.54) is 31.2 Å². The van der Waals surface area contributed by atoms with Gasteiger partial charge in [-0.15, -0.1) is 0 Å². The first-order valence-corrected chi connectivity index (χ1v) is 12.3. The molecule has 0 bridgehead atoms. The molecular formula is C25H38N4O2. The van der Waals surface area contributed by atoms with Gasteiger partial charge in [-0.25, -0.2) is 4.79 Å². The van der Waals surface area contributed by atoms with Gasteiger partial charge >= 0.3 is 6.03 Å². The van der Waals surface area contributed by atoms with Gasteiger partial charge in [-0.05, 0) is 43.6 Å². The zero-order chi connectivity index (χ0) is 21.5. The third-order valence-corrected chi connectivity index (χ3v) is 7.32. The molecule has 0 radical (unpaired) electrons. The molecule has 3 fully saturated rings. The Labute approximate surface area is 187 Å². The van der Waals surface area contributed by atoms with E-state index >= 15 is 0 Å². The molecule has 3 amide bonds. The Balaban J connectivity index is 1.12. The molecule has 1 aliphatic carbocycles. The van der Waals surface area contributed by atoms with E-state index in [1.807, 2.05) is 11.0 Å². The zero-order valence-electron chi connectivity index (χ0n) is 18.8. The number of benzene rings is 1. The number of nitrogens with one attached hydrogen (secondary N) is 1. The largest absolute Gasteiger partial charge is 0.340 e. The van der Waals surface area contributed by atoms with Crippen LogP contribution in [0.25, 0.3) is 0 Å². The number of piperidine rings is 1. The number of hydrogen-bond donors (Lipinski definition) is 1. The minimum Gasteiger partial charge on any atom is -0.340 e. The van der Waals surface area contributed by atoms with E-state index in [1.54, 1.807) is 0 Å². The quantitative estimate of drug-likeness (QED) is 0.709. The lowest BCUT2D eigenvalue weighted by molar-refractivity contribution is -0.133. The number of hydrogen-bond acceptors (Lipinski definition) is 3. The van der Waals surface area contributed by atoms with Crippen LogP contribution in [0, 0.1) is 5.92 Å². The van der Waals surface area contributed by atoms with Gasteiger partial charge in [0.15, 0.2) is 0 Å². The highest BCUT2D eigenvalue weighted by Gasteiger charge is 2.35. The molecule has 170 valence electrons. The summed E-state index contributed by atoms with van der Waals surface area (Å²) in [5.41, 5.74) is 1.33. The molecule has 1 aromatic rings. The summed E-state index contributed by atoms with van der Waals surface area (Å²) in [7, 11) is 0. The maximum atomic E-state index is 12.7. The first-order valence-electron chi connectivity index (χ1n) is 12.3. The number of rotatable bonds is 6. The van der Waals surface area contributed by atoms with Crippen molar-refractivity contribution in [2.75, 3.05) is 39.3 Å². The second-order valence-electron chi connectivity index (χ2n) is 9.43. The fourth-order valence-corrected chi connectivity index (χ4v) is 5.57. The number of amides is 3. The lowest BCUT2D eigenvalue weighted by Crippen LogP contribution is -2.53. The SMILES string of the molecule is O=C(CCCNC(=O)N1CCCC2CCCCC21)N1CCN(Cc2ccccc2)CC1. The molecule has 0 spiro atoms. The van der Waals surface area contributed by atoms with Gasteiger partial charge in [0.25, 0.3) is 0 Å². The number of nitrogens with zero attached hydrogens (tertiary/aromatic N) is 3. The summed E-state index contributed by atoms with van der Waals surface area (Å²) in [5, 5.41) is 3.09. The number of carbonyl (C=O) groups is 2. The molecule has 1 N–H and O–H groups in total. The van der Waals surface area contributed by atoms with Crippen LogP contribution in [0.2, 0.25) is 0 Å². The van der Waals surface area contributed by atoms with Crippen LogP contribution in [0.5, 0.6) is 0 Å². The predicted octanol–water partition coefficient (Wildman–Crippen LogP) is 3.48. The van der Waals surface area contributed by atoms with Crippen molar-refractivity contribution in [3.63, 3.8) is 0 Å². The van der Waals surface area contributed by atoms with E-state index in [-0.39, 0.29) is 11.9 Å². The molecule has 31 heavy (non-hydrogen) atoms. The van der Waals surface area contributed by atoms with Crippen LogP contribution in [0.3, 0.4) is 0 Å². The van der Waals surface area contributed by atoms with E-state index in [4.69, 9.17) is 0 Å². The smallest absolute Gasteiger partial charge is 0.317 e. The van der Waals surface area contributed by atoms with Crippen molar-refractivity contribution in [1.82, 2.24) is 20.0 Å². The van der Waals surface area contributed by atoms with Gasteiger partial charge in [-0.2, -0.15) is 0 Å². The van der Waals surface area contributed by atoms with Gasteiger partial charge in [0.1, 0.15) is 0 Å². The van der Waals surface area contributed by atoms with Crippen LogP contribution in [0.15, 0.2) is 30.3 Å². The zero-order valence-corrected chi connectivity index (χ0v) is 18.8. The maximum Gasteiger partial charge on any atom is 0.317 e. The lowest BCUT2D eigenvalue weighted by Gasteiger charge is -2.44. The molecule has 6 nitrogen and oxygen atoms in total. The summed E-state index contributed by atoms with van der Waals surface area (Å²) in [6.45, 7) is 5.88. The summed E-state index contributed by atoms with van der Waals surface area (Å²) in [6.07, 6.45) is 8.65. The monoisotopic (exact) mass is 426 g/mol. The Bertz CT molecular complexity index is 715. The molecule has 3 aliphatic rings. The van der Waals surface area contributed by atoms with Crippen molar-refractivity contribution >= 4 is 11.9 Å². The molecule has 0 aromatic heterocycles. The summed E-state index contributed by atoms with van der Waals surface area (Å²) >= 11 is 0. The molecule has 4 rings (SSSR count). The molecule has 6 heteroatoms. The third-order valence-electron chi connectivity index (χ3n) is 7.32. The fourth-order valence-electron chi connectivity index (χ4n) is 5.57. The topological polar surface area (TPSA) is 55.9 Å². The van der Waals surface area contributed by atoms with E-state index < -0.39 is 0 Å². The van der Waals surface area contributed by atoms with Gasteiger partial charge in [0, 0.05) is 58.3 Å². The van der Waals surface area contributed by atoms with Crippen molar-refractivity contribution in [2.24, 2.45) is 5.92 Å². The molecular weight excluding hydrogens is 388 g/mol. The number of urea groups is 1. The molecule has 2 unspecified atom stereocenters. The normalized spacial score (nSPS) is 24.5. The minimum atomic E-state index is 0.0820. The highest BCUT2D eigenvalue weighted by molar-refractivity contribution is 5.77. The van der Waals surface area contributed by atoms with Crippen molar-refractivity contribution < 1.29 is 9.59 Å². The van der Waals surface area contributed by atoms with Gasteiger partial charge in [-0.1, -0.05) is 43.2 Å². The van der Waals surface area contributed by atoms with E-state index in [0.717, 1.165) is 58.5 Å². The predicted molar refractivity (Wildman–Crippen MR) is 123 cm³/mol. The first-order chi connectivity index (χ1) is 15.2. The van der Waals surface area contributed by atoms with Gasteiger partial charge in [0.2, 0.25) is 5.91 Å². The highest BCUT2D eigenvalue weighted by atomic mass is 16.2. The first kappa shape index (κ1) is 22.1. The molecule has 2 atom stereocenters. The van der Waals surface area contributed by atoms with Crippen LogP contribution in [0.4, 0.5) is 4.79 Å². The number of carbonyl (C=O) groups excluding carboxylic acids is 2. The summed E-state index contributed by atoms with van der Waals surface area (Å²) < 4.78 is 0. The second kappa shape index (κ2) is 11.0. The minimum absolute atomic E-state index is 0.0820. The number of piperazine rings is 1. The standard InChI is InChI=1S/C25H38N4O2/c30-24(28-18-16-27(17-19-28)20-21-8-2-1-3-9-21)13-6-14-26-25(31)29-15-7-11-22-10-4-5-12-23(22)29/h1-3,8-9,22-23H,4-7,10-20H2,(H,26,31). The highest BCUT2D eigenvalue weighted by Crippen LogP contribution is 2.35. The summed E-state index contributed by atoms with van der Waals surface area (Å²) in [6, 6.07) is 11.0. The van der Waals surface area contributed by atoms with Crippen LogP contribution in [-0.4, -0.2) is 71.9 Å². The van der Waals surface area contributed by atoms with Crippen LogP contribution < -0.4 is 5.32 Å². The molecule has 2 saturated heterocycles. The van der Waals surface area contributed by atoms with Crippen molar-refractivity contribution in [1.29, 1.82) is 0 Å². The van der Waals surface area contributed by atoms with E-state index in [2.05, 4.69) is 39.4 Å². The van der Waals surface area contributed by atoms with Gasteiger partial charge in [-0.3, -0.25) is 9.69 Å². The fraction of sp³-hybridized carbons (Fsp3) is 0.680. The Morgan fingerprint density at radius 1 is 0.903 bits per heavy atom. The van der Waals surface area contributed by atoms with Crippen LogP contribution in [-0.2, 0) is 11.3 Å². The van der Waals surface area contributed by atoms with Gasteiger partial charge in [0.05, 0.1) is 0 Å². The van der Waals surface area contributed by atoms with E-state index in [0.29, 0.717) is 24.9 Å². The summed E-state index contributed by atoms with van der Waals surface area (Å²) in [5.74, 6) is 0.925. The number of fused-ring (bicyclic) bond motifs is 1. The Morgan fingerprint density at radius 3 is 2.45 bits per heavy atom. The van der Waals surface area contributed by atoms with Crippen LogP contribution in [0.1, 0.15) is 56.9 Å². The Kier molecular flexibility index (Phi) is 7.84. The molecule has 2 aliphatic heterocycles. The maximum absolute atomic E-state index is 12.7. The molecule has 1 aromatic carbocycles. The second-order valence-corrected chi connectivity index (χ2v) is 9.43. The molecule has 2 heterocycles. The van der Waals surface area contributed by atoms with E-state index in [9.17, 15) is 9.59 Å². The average molecular weight is 427 g/mol. The summed E-state index contributed by atoms with van der Waals surface area (Å²) in [4.78, 5) is 31.8. The average Bonchev–Trinajstić information content (AvgIpc) is 2.82. The molecule has 1 saturated carbocycles. The Morgan fingerprint density at radius 2 is 1.65 bits per heavy atom. The third kappa shape index (κ3) is 6.00. The van der Waals surface area contributed by atoms with Gasteiger partial charge < -0.3 is 15.1 Å². The Hall–Kier alpha value is -2.08. The van der Waals surface area contributed by atoms with Crippen molar-refractivity contribution in [3.8, 4) is 0 Å². The number of likely N-dealkylation sites (tertiary alicyclic amines) is 1. The van der Waals surface area contributed by atoms with Crippen LogP contribution >= 0.6 is 0 Å². The lowest BCUT2D eigenvalue weighted by atomic mass is 9.78. The van der Waals surface area contributed by atoms with Crippen molar-refractivity contribution in [2.45, 2.75) is 64.0 Å².